The van der Waals surface area contributed by atoms with E-state index in [0.29, 0.717) is 10.2 Å². The molecule has 0 spiro atoms. The molecular formula is C21H13ClF2N2OS. The Balaban J connectivity index is 1.86. The summed E-state index contributed by atoms with van der Waals surface area (Å²) >= 11 is 7.63. The second-order valence-corrected chi connectivity index (χ2v) is 7.76. The molecule has 0 saturated heterocycles. The molecule has 0 aliphatic heterocycles. The molecule has 0 bridgehead atoms. The minimum Gasteiger partial charge on any atom is -0.305 e. The average Bonchev–Trinajstić information content (AvgIpc) is 3.01. The van der Waals surface area contributed by atoms with Crippen molar-refractivity contribution in [2.24, 2.45) is 0 Å². The predicted octanol–water partition coefficient (Wildman–Crippen LogP) is 5.98. The van der Waals surface area contributed by atoms with Crippen LogP contribution in [-0.2, 0) is 0 Å². The molecule has 0 unspecified atom stereocenters. The maximum atomic E-state index is 13.9. The van der Waals surface area contributed by atoms with E-state index in [-0.39, 0.29) is 22.0 Å². The van der Waals surface area contributed by atoms with Gasteiger partial charge in [0, 0.05) is 16.0 Å². The molecule has 4 rings (SSSR count). The highest BCUT2D eigenvalue weighted by molar-refractivity contribution is 7.19. The summed E-state index contributed by atoms with van der Waals surface area (Å²) in [6.45, 7) is 1.92. The van der Waals surface area contributed by atoms with Gasteiger partial charge in [0.25, 0.3) is 5.56 Å². The molecule has 7 heteroatoms. The van der Waals surface area contributed by atoms with E-state index in [2.05, 4.69) is 9.97 Å². The number of benzene rings is 2. The van der Waals surface area contributed by atoms with E-state index in [1.165, 1.54) is 17.4 Å². The van der Waals surface area contributed by atoms with Gasteiger partial charge in [0.2, 0.25) is 0 Å². The Hall–Kier alpha value is -2.83. The van der Waals surface area contributed by atoms with Crippen LogP contribution in [0.2, 0.25) is 0 Å². The molecule has 0 saturated carbocycles. The quantitative estimate of drug-likeness (QED) is 0.448. The number of aromatic nitrogens is 2. The van der Waals surface area contributed by atoms with Crippen LogP contribution in [0.5, 0.6) is 0 Å². The van der Waals surface area contributed by atoms with E-state index < -0.39 is 11.6 Å². The lowest BCUT2D eigenvalue weighted by Gasteiger charge is -2.03. The van der Waals surface area contributed by atoms with E-state index in [1.807, 2.05) is 37.3 Å². The maximum Gasteiger partial charge on any atom is 0.260 e. The van der Waals surface area contributed by atoms with Gasteiger partial charge < -0.3 is 4.98 Å². The topological polar surface area (TPSA) is 45.8 Å². The van der Waals surface area contributed by atoms with Crippen LogP contribution in [0, 0.1) is 18.6 Å². The fraction of sp³-hybridized carbons (Fsp3) is 0.0476. The second-order valence-electron chi connectivity index (χ2n) is 6.15. The number of hydrogen-bond acceptors (Lipinski definition) is 3. The molecule has 0 amide bonds. The van der Waals surface area contributed by atoms with Gasteiger partial charge in [0.05, 0.1) is 10.4 Å². The van der Waals surface area contributed by atoms with Gasteiger partial charge in [0.1, 0.15) is 16.5 Å². The fourth-order valence-electron chi connectivity index (χ4n) is 3.01. The Kier molecular flexibility index (Phi) is 4.83. The van der Waals surface area contributed by atoms with Gasteiger partial charge >= 0.3 is 0 Å². The van der Waals surface area contributed by atoms with Crippen molar-refractivity contribution in [2.75, 3.05) is 0 Å². The van der Waals surface area contributed by atoms with Crippen molar-refractivity contribution >= 4 is 44.3 Å². The van der Waals surface area contributed by atoms with Gasteiger partial charge in [-0.2, -0.15) is 0 Å². The standard InChI is InChI=1S/C21H13ClF2N2OS/c1-11-17(12-5-3-2-4-6-12)18-20(27)25-19(26-21(18)28-11)15(22)10-13-9-14(23)7-8-16(13)24/h2-10H,1H3,(H,25,26,27)/b15-10-. The SMILES string of the molecule is Cc1sc2nc(/C(Cl)=C/c3cc(F)ccc3F)[nH]c(=O)c2c1-c1ccccc1. The van der Waals surface area contributed by atoms with E-state index in [1.54, 1.807) is 0 Å². The molecule has 0 fully saturated rings. The van der Waals surface area contributed by atoms with Gasteiger partial charge in [-0.1, -0.05) is 41.9 Å². The molecule has 3 nitrogen and oxygen atoms in total. The zero-order valence-corrected chi connectivity index (χ0v) is 16.2. The van der Waals surface area contributed by atoms with Crippen molar-refractivity contribution in [3.05, 3.63) is 86.8 Å². The highest BCUT2D eigenvalue weighted by atomic mass is 35.5. The molecule has 0 atom stereocenters. The number of thiophene rings is 1. The Bertz CT molecular complexity index is 1280. The number of aryl methyl sites for hydroxylation is 1. The Morgan fingerprint density at radius 1 is 1.18 bits per heavy atom. The summed E-state index contributed by atoms with van der Waals surface area (Å²) in [5, 5.41) is 0.495. The molecule has 2 heterocycles. The largest absolute Gasteiger partial charge is 0.305 e. The van der Waals surface area contributed by atoms with Gasteiger partial charge in [-0.05, 0) is 36.8 Å². The monoisotopic (exact) mass is 414 g/mol. The molecule has 0 radical (unpaired) electrons. The zero-order chi connectivity index (χ0) is 19.8. The normalized spacial score (nSPS) is 11.9. The molecule has 0 aliphatic carbocycles. The summed E-state index contributed by atoms with van der Waals surface area (Å²) in [6, 6.07) is 12.6. The first kappa shape index (κ1) is 18.5. The minimum atomic E-state index is -0.624. The third kappa shape index (κ3) is 3.37. The summed E-state index contributed by atoms with van der Waals surface area (Å²) < 4.78 is 27.2. The molecular weight excluding hydrogens is 402 g/mol. The lowest BCUT2D eigenvalue weighted by molar-refractivity contribution is 0.598. The first-order valence-electron chi connectivity index (χ1n) is 8.35. The molecule has 2 aromatic heterocycles. The molecule has 4 aromatic rings. The van der Waals surface area contributed by atoms with Crippen LogP contribution in [0.25, 0.3) is 32.5 Å². The fourth-order valence-corrected chi connectivity index (χ4v) is 4.27. The molecule has 1 N–H and O–H groups in total. The van der Waals surface area contributed by atoms with Crippen molar-refractivity contribution in [1.29, 1.82) is 0 Å². The van der Waals surface area contributed by atoms with Crippen LogP contribution in [0.4, 0.5) is 8.78 Å². The number of hydrogen-bond donors (Lipinski definition) is 1. The Morgan fingerprint density at radius 3 is 2.68 bits per heavy atom. The van der Waals surface area contributed by atoms with Crippen molar-refractivity contribution in [1.82, 2.24) is 9.97 Å². The summed E-state index contributed by atoms with van der Waals surface area (Å²) in [7, 11) is 0. The highest BCUT2D eigenvalue weighted by Crippen LogP contribution is 2.36. The predicted molar refractivity (Wildman–Crippen MR) is 110 cm³/mol. The van der Waals surface area contributed by atoms with Crippen LogP contribution >= 0.6 is 22.9 Å². The van der Waals surface area contributed by atoms with Crippen molar-refractivity contribution in [2.45, 2.75) is 6.92 Å². The zero-order valence-electron chi connectivity index (χ0n) is 14.6. The summed E-state index contributed by atoms with van der Waals surface area (Å²) in [6.07, 6.45) is 1.24. The lowest BCUT2D eigenvalue weighted by atomic mass is 10.0. The molecule has 2 aromatic carbocycles. The Morgan fingerprint density at radius 2 is 1.93 bits per heavy atom. The van der Waals surface area contributed by atoms with Crippen LogP contribution in [0.3, 0.4) is 0 Å². The van der Waals surface area contributed by atoms with Gasteiger partial charge in [0.15, 0.2) is 5.82 Å². The third-order valence-electron chi connectivity index (χ3n) is 4.27. The highest BCUT2D eigenvalue weighted by Gasteiger charge is 2.17. The van der Waals surface area contributed by atoms with Crippen LogP contribution < -0.4 is 5.56 Å². The smallest absolute Gasteiger partial charge is 0.260 e. The average molecular weight is 415 g/mol. The van der Waals surface area contributed by atoms with E-state index >= 15 is 0 Å². The number of rotatable bonds is 3. The first-order valence-corrected chi connectivity index (χ1v) is 9.55. The number of halogens is 3. The number of H-pyrrole nitrogens is 1. The van der Waals surface area contributed by atoms with Crippen molar-refractivity contribution in [3.8, 4) is 11.1 Å². The second kappa shape index (κ2) is 7.30. The van der Waals surface area contributed by atoms with Gasteiger partial charge in [-0.3, -0.25) is 4.79 Å². The summed E-state index contributed by atoms with van der Waals surface area (Å²) in [5.41, 5.74) is 1.39. The molecule has 140 valence electrons. The number of aromatic amines is 1. The van der Waals surface area contributed by atoms with Crippen LogP contribution in [0.15, 0.2) is 53.3 Å². The van der Waals surface area contributed by atoms with Gasteiger partial charge in [-0.15, -0.1) is 11.3 Å². The van der Waals surface area contributed by atoms with Crippen molar-refractivity contribution in [3.63, 3.8) is 0 Å². The van der Waals surface area contributed by atoms with Crippen LogP contribution in [-0.4, -0.2) is 9.97 Å². The summed E-state index contributed by atoms with van der Waals surface area (Å²) in [4.78, 5) is 21.3. The summed E-state index contributed by atoms with van der Waals surface area (Å²) in [5.74, 6) is -1.11. The number of fused-ring (bicyclic) bond motifs is 1. The molecule has 28 heavy (non-hydrogen) atoms. The van der Waals surface area contributed by atoms with Crippen LogP contribution in [0.1, 0.15) is 16.3 Å². The number of nitrogens with zero attached hydrogens (tertiary/aromatic N) is 1. The number of nitrogens with one attached hydrogen (secondary N) is 1. The first-order chi connectivity index (χ1) is 13.4. The van der Waals surface area contributed by atoms with E-state index in [4.69, 9.17) is 11.6 Å². The van der Waals surface area contributed by atoms with Crippen molar-refractivity contribution < 1.29 is 8.78 Å². The van der Waals surface area contributed by atoms with E-state index in [9.17, 15) is 13.6 Å². The maximum absolute atomic E-state index is 13.9. The molecule has 0 aliphatic rings. The van der Waals surface area contributed by atoms with E-state index in [0.717, 1.165) is 34.2 Å². The van der Waals surface area contributed by atoms with Gasteiger partial charge in [-0.25, -0.2) is 13.8 Å². The minimum absolute atomic E-state index is 0.0100. The third-order valence-corrected chi connectivity index (χ3v) is 5.55. The Labute approximate surface area is 168 Å². The lowest BCUT2D eigenvalue weighted by Crippen LogP contribution is -2.10.